The Bertz CT molecular complexity index is 738. The van der Waals surface area contributed by atoms with E-state index in [1.807, 2.05) is 20.8 Å². The molecule has 36 heavy (non-hydrogen) atoms. The molecule has 0 aliphatic heterocycles. The third-order valence-corrected chi connectivity index (χ3v) is 7.58. The molecule has 0 aliphatic rings. The standard InChI is InChI=1S/C24H41NO10Si/c1-8-32-36(33-9-2,34-10-3)15-11-14-25-21(26)12-13-22(27)30-16-20(35-24(29)19(6)7)17-31-23(28)18(4)5/h20H,4,6,8-17H2,1-3,5,7H3,(H,25,26). The number of carbonyl (C=O) groups is 4. The van der Waals surface area contributed by atoms with E-state index in [1.165, 1.54) is 13.8 Å². The zero-order chi connectivity index (χ0) is 27.6. The molecule has 1 amide bonds. The molecule has 0 aromatic carbocycles. The monoisotopic (exact) mass is 531 g/mol. The lowest BCUT2D eigenvalue weighted by Gasteiger charge is -2.28. The highest BCUT2D eigenvalue weighted by Crippen LogP contribution is 2.17. The fraction of sp³-hybridized carbons (Fsp3) is 0.667. The maximum atomic E-state index is 12.1. The SMILES string of the molecule is C=C(C)C(=O)OCC(COC(=O)CCC(=O)NCCC[Si](OCC)(OCC)OCC)OC(=O)C(=C)C. The summed E-state index contributed by atoms with van der Waals surface area (Å²) in [4.78, 5) is 47.6. The molecule has 0 spiro atoms. The molecule has 1 atom stereocenters. The van der Waals surface area contributed by atoms with Crippen LogP contribution in [-0.4, -0.2) is 78.3 Å². The van der Waals surface area contributed by atoms with E-state index >= 15 is 0 Å². The van der Waals surface area contributed by atoms with Gasteiger partial charge in [0.25, 0.3) is 0 Å². The van der Waals surface area contributed by atoms with Crippen molar-refractivity contribution in [1.29, 1.82) is 0 Å². The number of nitrogens with one attached hydrogen (secondary N) is 1. The number of esters is 3. The predicted octanol–water partition coefficient (Wildman–Crippen LogP) is 2.47. The average Bonchev–Trinajstić information content (AvgIpc) is 2.82. The van der Waals surface area contributed by atoms with E-state index in [9.17, 15) is 19.2 Å². The Morgan fingerprint density at radius 1 is 0.806 bits per heavy atom. The third-order valence-electron chi connectivity index (χ3n) is 4.43. The Morgan fingerprint density at radius 2 is 1.33 bits per heavy atom. The molecule has 206 valence electrons. The molecule has 0 bridgehead atoms. The van der Waals surface area contributed by atoms with Gasteiger partial charge < -0.3 is 32.8 Å². The highest BCUT2D eigenvalue weighted by molar-refractivity contribution is 6.60. The van der Waals surface area contributed by atoms with Crippen LogP contribution in [0.15, 0.2) is 24.3 Å². The first-order valence-electron chi connectivity index (χ1n) is 12.0. The van der Waals surface area contributed by atoms with Gasteiger partial charge in [0.2, 0.25) is 5.91 Å². The van der Waals surface area contributed by atoms with Crippen molar-refractivity contribution in [2.45, 2.75) is 66.0 Å². The molecule has 11 nitrogen and oxygen atoms in total. The second kappa shape index (κ2) is 18.7. The van der Waals surface area contributed by atoms with Crippen LogP contribution in [0.2, 0.25) is 6.04 Å². The van der Waals surface area contributed by atoms with Gasteiger partial charge in [-0.2, -0.15) is 0 Å². The molecule has 1 unspecified atom stereocenters. The highest BCUT2D eigenvalue weighted by Gasteiger charge is 2.39. The summed E-state index contributed by atoms with van der Waals surface area (Å²) in [6.45, 7) is 16.6. The summed E-state index contributed by atoms with van der Waals surface area (Å²) in [5, 5.41) is 2.75. The molecule has 12 heteroatoms. The number of carbonyl (C=O) groups excluding carboxylic acids is 4. The van der Waals surface area contributed by atoms with E-state index in [-0.39, 0.29) is 43.1 Å². The minimum Gasteiger partial charge on any atom is -0.462 e. The summed E-state index contributed by atoms with van der Waals surface area (Å²) < 4.78 is 32.5. The van der Waals surface area contributed by atoms with Gasteiger partial charge in [0.05, 0.1) is 6.42 Å². The zero-order valence-corrected chi connectivity index (χ0v) is 23.1. The molecule has 0 saturated carbocycles. The maximum absolute atomic E-state index is 12.1. The van der Waals surface area contributed by atoms with Crippen molar-refractivity contribution in [2.75, 3.05) is 39.6 Å². The first-order valence-corrected chi connectivity index (χ1v) is 14.0. The van der Waals surface area contributed by atoms with E-state index in [0.29, 0.717) is 38.8 Å². The number of amides is 1. The van der Waals surface area contributed by atoms with Crippen molar-refractivity contribution in [2.24, 2.45) is 0 Å². The van der Waals surface area contributed by atoms with Crippen LogP contribution in [0.4, 0.5) is 0 Å². The van der Waals surface area contributed by atoms with Gasteiger partial charge in [-0.05, 0) is 41.0 Å². The summed E-state index contributed by atoms with van der Waals surface area (Å²) in [7, 11) is -2.77. The Hall–Kier alpha value is -2.54. The zero-order valence-electron chi connectivity index (χ0n) is 22.1. The predicted molar refractivity (Wildman–Crippen MR) is 134 cm³/mol. The Balaban J connectivity index is 4.51. The van der Waals surface area contributed by atoms with Crippen LogP contribution in [0.5, 0.6) is 0 Å². The van der Waals surface area contributed by atoms with E-state index < -0.39 is 32.8 Å². The first kappa shape index (κ1) is 33.5. The molecule has 0 aliphatic carbocycles. The largest absolute Gasteiger partial charge is 0.500 e. The molecule has 0 fully saturated rings. The number of rotatable bonds is 20. The van der Waals surface area contributed by atoms with Gasteiger partial charge in [-0.3, -0.25) is 9.59 Å². The van der Waals surface area contributed by atoms with Crippen LogP contribution in [0.3, 0.4) is 0 Å². The van der Waals surface area contributed by atoms with Gasteiger partial charge in [0, 0.05) is 50.0 Å². The molecule has 1 N–H and O–H groups in total. The van der Waals surface area contributed by atoms with E-state index in [0.717, 1.165) is 0 Å². The lowest BCUT2D eigenvalue weighted by atomic mass is 10.3. The van der Waals surface area contributed by atoms with Gasteiger partial charge in [-0.1, -0.05) is 13.2 Å². The van der Waals surface area contributed by atoms with Crippen LogP contribution in [0.25, 0.3) is 0 Å². The molecular weight excluding hydrogens is 490 g/mol. The second-order valence-electron chi connectivity index (χ2n) is 7.81. The summed E-state index contributed by atoms with van der Waals surface area (Å²) >= 11 is 0. The summed E-state index contributed by atoms with van der Waals surface area (Å²) in [6.07, 6.45) is -0.680. The van der Waals surface area contributed by atoms with Crippen LogP contribution in [0, 0.1) is 0 Å². The van der Waals surface area contributed by atoms with Crippen molar-refractivity contribution in [3.8, 4) is 0 Å². The van der Waals surface area contributed by atoms with Crippen LogP contribution < -0.4 is 5.32 Å². The molecule has 0 heterocycles. The minimum atomic E-state index is -2.77. The number of hydrogen-bond donors (Lipinski definition) is 1. The van der Waals surface area contributed by atoms with Crippen molar-refractivity contribution in [3.05, 3.63) is 24.3 Å². The molecule has 0 aromatic rings. The topological polar surface area (TPSA) is 136 Å². The molecule has 0 saturated heterocycles. The molecular formula is C24H41NO10Si. The summed E-state index contributed by atoms with van der Waals surface area (Å²) in [5.41, 5.74) is 0.308. The summed E-state index contributed by atoms with van der Waals surface area (Å²) in [5.74, 6) is -2.36. The van der Waals surface area contributed by atoms with E-state index in [2.05, 4.69) is 18.5 Å². The van der Waals surface area contributed by atoms with Gasteiger partial charge in [-0.15, -0.1) is 0 Å². The maximum Gasteiger partial charge on any atom is 0.500 e. The fourth-order valence-corrected chi connectivity index (χ4v) is 5.37. The first-order chi connectivity index (χ1) is 17.0. The van der Waals surface area contributed by atoms with Crippen LogP contribution in [0.1, 0.15) is 53.9 Å². The van der Waals surface area contributed by atoms with Crippen molar-refractivity contribution in [1.82, 2.24) is 5.32 Å². The minimum absolute atomic E-state index is 0.0787. The van der Waals surface area contributed by atoms with Crippen molar-refractivity contribution < 1.29 is 46.7 Å². The lowest BCUT2D eigenvalue weighted by molar-refractivity contribution is -0.163. The van der Waals surface area contributed by atoms with E-state index in [4.69, 9.17) is 27.5 Å². The Kier molecular flexibility index (Phi) is 17.4. The number of hydrogen-bond acceptors (Lipinski definition) is 10. The van der Waals surface area contributed by atoms with Crippen LogP contribution in [-0.2, 0) is 46.7 Å². The van der Waals surface area contributed by atoms with Gasteiger partial charge in [0.1, 0.15) is 13.2 Å². The highest BCUT2D eigenvalue weighted by atomic mass is 28.4. The summed E-state index contributed by atoms with van der Waals surface area (Å²) in [6, 6.07) is 0.561. The third kappa shape index (κ3) is 14.8. The molecule has 0 radical (unpaired) electrons. The molecule has 0 aromatic heterocycles. The fourth-order valence-electron chi connectivity index (χ4n) is 2.76. The lowest BCUT2D eigenvalue weighted by Crippen LogP contribution is -2.46. The van der Waals surface area contributed by atoms with Gasteiger partial charge in [0.15, 0.2) is 6.10 Å². The Morgan fingerprint density at radius 3 is 1.83 bits per heavy atom. The van der Waals surface area contributed by atoms with Crippen molar-refractivity contribution >= 4 is 32.6 Å². The normalized spacial score (nSPS) is 11.8. The van der Waals surface area contributed by atoms with Crippen LogP contribution >= 0.6 is 0 Å². The van der Waals surface area contributed by atoms with Gasteiger partial charge >= 0.3 is 26.7 Å². The van der Waals surface area contributed by atoms with Crippen molar-refractivity contribution in [3.63, 3.8) is 0 Å². The number of ether oxygens (including phenoxy) is 3. The second-order valence-corrected chi connectivity index (χ2v) is 10.5. The molecule has 0 rings (SSSR count). The quantitative estimate of drug-likeness (QED) is 0.0820. The Labute approximate surface area is 214 Å². The van der Waals surface area contributed by atoms with E-state index in [1.54, 1.807) is 0 Å². The van der Waals surface area contributed by atoms with Gasteiger partial charge in [-0.25, -0.2) is 9.59 Å². The smallest absolute Gasteiger partial charge is 0.462 e. The average molecular weight is 532 g/mol.